The van der Waals surface area contributed by atoms with E-state index in [-0.39, 0.29) is 23.0 Å². The van der Waals surface area contributed by atoms with Crippen molar-refractivity contribution < 1.29 is 13.6 Å². The van der Waals surface area contributed by atoms with E-state index >= 15 is 0 Å². The lowest BCUT2D eigenvalue weighted by atomic mass is 10.0. The van der Waals surface area contributed by atoms with Crippen molar-refractivity contribution in [1.29, 1.82) is 0 Å². The van der Waals surface area contributed by atoms with Gasteiger partial charge in [-0.2, -0.15) is 15.4 Å². The van der Waals surface area contributed by atoms with Gasteiger partial charge >= 0.3 is 0 Å². The number of hydrogen-bond acceptors (Lipinski definition) is 6. The number of benzene rings is 2. The molecule has 2 aromatic heterocycles. The van der Waals surface area contributed by atoms with Crippen LogP contribution in [-0.2, 0) is 0 Å². The number of nitrogens with one attached hydrogen (secondary N) is 2. The summed E-state index contributed by atoms with van der Waals surface area (Å²) in [7, 11) is 0. The molecule has 1 amide bonds. The van der Waals surface area contributed by atoms with Crippen molar-refractivity contribution in [2.45, 2.75) is 25.3 Å². The molecule has 10 heteroatoms. The molecule has 158 valence electrons. The normalized spacial score (nSPS) is 16.7. The number of likely N-dealkylation sites (tertiary alicyclic amines) is 1. The highest BCUT2D eigenvalue weighted by atomic mass is 19.2. The fourth-order valence-electron chi connectivity index (χ4n) is 3.93. The Labute approximate surface area is 175 Å². The molecule has 4 aromatic rings. The molecular weight excluding hydrogens is 404 g/mol. The quantitative estimate of drug-likeness (QED) is 0.523. The van der Waals surface area contributed by atoms with Gasteiger partial charge in [-0.25, -0.2) is 13.8 Å². The molecule has 1 aliphatic rings. The number of rotatable bonds is 4. The summed E-state index contributed by atoms with van der Waals surface area (Å²) < 4.78 is 26.9. The Morgan fingerprint density at radius 3 is 2.74 bits per heavy atom. The largest absolute Gasteiger partial charge is 0.367 e. The molecule has 5 rings (SSSR count). The second kappa shape index (κ2) is 7.86. The van der Waals surface area contributed by atoms with Crippen molar-refractivity contribution in [2.75, 3.05) is 18.4 Å². The van der Waals surface area contributed by atoms with Crippen molar-refractivity contribution in [1.82, 2.24) is 30.3 Å². The highest BCUT2D eigenvalue weighted by Gasteiger charge is 2.27. The number of fused-ring (bicyclic) bond motifs is 2. The minimum atomic E-state index is -0.966. The highest BCUT2D eigenvalue weighted by molar-refractivity contribution is 5.97. The van der Waals surface area contributed by atoms with Crippen molar-refractivity contribution in [3.8, 4) is 0 Å². The minimum absolute atomic E-state index is 0.0308. The summed E-state index contributed by atoms with van der Waals surface area (Å²) in [5, 5.41) is 13.8. The summed E-state index contributed by atoms with van der Waals surface area (Å²) in [5.41, 5.74) is 2.46. The first-order valence-corrected chi connectivity index (χ1v) is 10.1. The van der Waals surface area contributed by atoms with E-state index in [1.807, 2.05) is 4.90 Å². The van der Waals surface area contributed by atoms with E-state index in [4.69, 9.17) is 0 Å². The fraction of sp³-hybridized carbons (Fsp3) is 0.286. The van der Waals surface area contributed by atoms with Crippen LogP contribution in [0.1, 0.15) is 29.6 Å². The predicted octanol–water partition coefficient (Wildman–Crippen LogP) is 3.29. The maximum Gasteiger partial charge on any atom is 0.254 e. The Morgan fingerprint density at radius 1 is 1.06 bits per heavy atom. The number of carbonyl (C=O) groups is 1. The zero-order chi connectivity index (χ0) is 21.4. The molecule has 1 fully saturated rings. The van der Waals surface area contributed by atoms with Crippen LogP contribution in [0.25, 0.3) is 22.1 Å². The van der Waals surface area contributed by atoms with E-state index in [1.165, 1.54) is 6.20 Å². The molecule has 1 atom stereocenters. The number of nitrogens with zero attached hydrogens (tertiary/aromatic N) is 5. The Balaban J connectivity index is 1.33. The average Bonchev–Trinajstić information content (AvgIpc) is 3.26. The minimum Gasteiger partial charge on any atom is -0.367 e. The lowest BCUT2D eigenvalue weighted by Gasteiger charge is -2.36. The molecule has 0 bridgehead atoms. The molecule has 0 saturated carbocycles. The first kappa shape index (κ1) is 19.3. The smallest absolute Gasteiger partial charge is 0.254 e. The van der Waals surface area contributed by atoms with Crippen LogP contribution >= 0.6 is 0 Å². The zero-order valence-electron chi connectivity index (χ0n) is 16.5. The van der Waals surface area contributed by atoms with Crippen molar-refractivity contribution in [2.24, 2.45) is 0 Å². The Kier molecular flexibility index (Phi) is 4.89. The molecule has 0 aliphatic carbocycles. The van der Waals surface area contributed by atoms with E-state index < -0.39 is 11.6 Å². The Morgan fingerprint density at radius 2 is 1.87 bits per heavy atom. The van der Waals surface area contributed by atoms with Gasteiger partial charge < -0.3 is 10.2 Å². The molecule has 3 heterocycles. The standard InChI is InChI=1S/C21H19F2N7O/c22-14-8-17-18(9-15(14)23)26-20(11-24-17)25-10-13-3-1-2-6-30(13)21(31)12-4-5-16-19(7-12)28-29-27-16/h4-5,7-9,11,13H,1-3,6,10H2,(H,25,26)(H,27,28,29)/t13-/m0/s1. The van der Waals surface area contributed by atoms with Crippen LogP contribution in [0.4, 0.5) is 14.6 Å². The molecule has 2 N–H and O–H groups in total. The molecule has 1 saturated heterocycles. The molecule has 2 aromatic carbocycles. The number of amides is 1. The number of hydrogen-bond donors (Lipinski definition) is 2. The Hall–Kier alpha value is -3.69. The first-order valence-electron chi connectivity index (χ1n) is 10.1. The van der Waals surface area contributed by atoms with Gasteiger partial charge in [-0.15, -0.1) is 0 Å². The van der Waals surface area contributed by atoms with Crippen molar-refractivity contribution in [3.63, 3.8) is 0 Å². The maximum atomic E-state index is 13.5. The van der Waals surface area contributed by atoms with Crippen LogP contribution < -0.4 is 5.32 Å². The van der Waals surface area contributed by atoms with Crippen LogP contribution in [-0.4, -0.2) is 55.3 Å². The van der Waals surface area contributed by atoms with Crippen LogP contribution in [0.15, 0.2) is 36.5 Å². The lowest BCUT2D eigenvalue weighted by molar-refractivity contribution is 0.0628. The number of piperidine rings is 1. The summed E-state index contributed by atoms with van der Waals surface area (Å²) in [5.74, 6) is -1.53. The lowest BCUT2D eigenvalue weighted by Crippen LogP contribution is -2.47. The Bertz CT molecular complexity index is 1280. The van der Waals surface area contributed by atoms with E-state index in [0.717, 1.165) is 31.4 Å². The summed E-state index contributed by atoms with van der Waals surface area (Å²) in [6.07, 6.45) is 4.29. The SMILES string of the molecule is O=C(c1ccc2n[nH]nc2c1)N1CCCC[C@H]1CNc1cnc2cc(F)c(F)cc2n1. The second-order valence-corrected chi connectivity index (χ2v) is 7.57. The third-order valence-electron chi connectivity index (χ3n) is 5.55. The number of aromatic nitrogens is 5. The summed E-state index contributed by atoms with van der Waals surface area (Å²) in [4.78, 5) is 23.5. The van der Waals surface area contributed by atoms with E-state index in [0.29, 0.717) is 35.5 Å². The van der Waals surface area contributed by atoms with Gasteiger partial charge in [0.05, 0.1) is 17.2 Å². The molecule has 8 nitrogen and oxygen atoms in total. The van der Waals surface area contributed by atoms with Gasteiger partial charge in [0, 0.05) is 36.8 Å². The topological polar surface area (TPSA) is 99.7 Å². The molecule has 0 radical (unpaired) electrons. The van der Waals surface area contributed by atoms with Gasteiger partial charge in [-0.05, 0) is 37.5 Å². The number of carbonyl (C=O) groups excluding carboxylic acids is 1. The zero-order valence-corrected chi connectivity index (χ0v) is 16.5. The predicted molar refractivity (Wildman–Crippen MR) is 111 cm³/mol. The third-order valence-corrected chi connectivity index (χ3v) is 5.55. The first-order chi connectivity index (χ1) is 15.1. The molecular formula is C21H19F2N7O. The van der Waals surface area contributed by atoms with Crippen LogP contribution in [0.3, 0.4) is 0 Å². The summed E-state index contributed by atoms with van der Waals surface area (Å²) in [6.45, 7) is 1.14. The monoisotopic (exact) mass is 423 g/mol. The highest BCUT2D eigenvalue weighted by Crippen LogP contribution is 2.22. The second-order valence-electron chi connectivity index (χ2n) is 7.57. The third kappa shape index (κ3) is 3.76. The number of aromatic amines is 1. The number of halogens is 2. The fourth-order valence-corrected chi connectivity index (χ4v) is 3.93. The van der Waals surface area contributed by atoms with Gasteiger partial charge in [0.15, 0.2) is 11.6 Å². The van der Waals surface area contributed by atoms with Gasteiger partial charge in [-0.1, -0.05) is 0 Å². The summed E-state index contributed by atoms with van der Waals surface area (Å²) >= 11 is 0. The molecule has 0 spiro atoms. The van der Waals surface area contributed by atoms with Crippen molar-refractivity contribution in [3.05, 3.63) is 53.7 Å². The number of anilines is 1. The van der Waals surface area contributed by atoms with Crippen LogP contribution in [0, 0.1) is 11.6 Å². The van der Waals surface area contributed by atoms with Gasteiger partial charge in [-0.3, -0.25) is 9.78 Å². The number of H-pyrrole nitrogens is 1. The van der Waals surface area contributed by atoms with E-state index in [9.17, 15) is 13.6 Å². The van der Waals surface area contributed by atoms with Crippen LogP contribution in [0.5, 0.6) is 0 Å². The summed E-state index contributed by atoms with van der Waals surface area (Å²) in [6, 6.07) is 7.29. The van der Waals surface area contributed by atoms with E-state index in [1.54, 1.807) is 18.2 Å². The maximum absolute atomic E-state index is 13.5. The van der Waals surface area contributed by atoms with Gasteiger partial charge in [0.25, 0.3) is 5.91 Å². The van der Waals surface area contributed by atoms with E-state index in [2.05, 4.69) is 30.7 Å². The molecule has 31 heavy (non-hydrogen) atoms. The average molecular weight is 423 g/mol. The van der Waals surface area contributed by atoms with Gasteiger partial charge in [0.2, 0.25) is 0 Å². The van der Waals surface area contributed by atoms with Crippen molar-refractivity contribution >= 4 is 33.8 Å². The van der Waals surface area contributed by atoms with Gasteiger partial charge in [0.1, 0.15) is 16.9 Å². The van der Waals surface area contributed by atoms with Crippen LogP contribution in [0.2, 0.25) is 0 Å². The molecule has 0 unspecified atom stereocenters. The molecule has 1 aliphatic heterocycles.